The van der Waals surface area contributed by atoms with Crippen molar-refractivity contribution in [3.05, 3.63) is 92.6 Å². The second-order valence-corrected chi connectivity index (χ2v) is 11.2. The molecule has 2 aromatic carbocycles. The van der Waals surface area contributed by atoms with Crippen molar-refractivity contribution >= 4 is 46.5 Å². The average molecular weight is 573 g/mol. The van der Waals surface area contributed by atoms with Crippen LogP contribution < -0.4 is 10.2 Å². The fourth-order valence-corrected chi connectivity index (χ4v) is 5.91. The van der Waals surface area contributed by atoms with E-state index in [0.717, 1.165) is 62.2 Å². The summed E-state index contributed by atoms with van der Waals surface area (Å²) in [6.07, 6.45) is 3.97. The lowest BCUT2D eigenvalue weighted by atomic mass is 10.0. The molecule has 200 valence electrons. The van der Waals surface area contributed by atoms with E-state index >= 15 is 0 Å². The number of aromatic nitrogens is 1. The van der Waals surface area contributed by atoms with E-state index in [4.69, 9.17) is 34.8 Å². The van der Waals surface area contributed by atoms with Crippen molar-refractivity contribution < 1.29 is 4.79 Å². The molecular formula is C29H32Cl3N5O. The van der Waals surface area contributed by atoms with Crippen LogP contribution in [0.1, 0.15) is 34.3 Å². The maximum absolute atomic E-state index is 12.6. The van der Waals surface area contributed by atoms with Crippen LogP contribution in [0.3, 0.4) is 0 Å². The number of benzene rings is 2. The summed E-state index contributed by atoms with van der Waals surface area (Å²) in [5, 5.41) is 4.80. The van der Waals surface area contributed by atoms with E-state index in [1.54, 1.807) is 12.3 Å². The SMILES string of the molecule is O=C(NCc1ccccc1Cl)c1cnc(N2CCN(C3CCN(Cc4ccc(Cl)cc4)CC3)CC2)c(Cl)c1. The quantitative estimate of drug-likeness (QED) is 0.390. The summed E-state index contributed by atoms with van der Waals surface area (Å²) in [5.41, 5.74) is 2.62. The Morgan fingerprint density at radius 2 is 1.61 bits per heavy atom. The molecule has 0 saturated carbocycles. The molecule has 2 aliphatic heterocycles. The first-order chi connectivity index (χ1) is 18.5. The zero-order chi connectivity index (χ0) is 26.5. The van der Waals surface area contributed by atoms with Crippen molar-refractivity contribution in [3.8, 4) is 0 Å². The summed E-state index contributed by atoms with van der Waals surface area (Å²) in [7, 11) is 0. The number of likely N-dealkylation sites (tertiary alicyclic amines) is 1. The van der Waals surface area contributed by atoms with E-state index in [1.807, 2.05) is 36.4 Å². The van der Waals surface area contributed by atoms with Gasteiger partial charge in [-0.1, -0.05) is 65.1 Å². The summed E-state index contributed by atoms with van der Waals surface area (Å²) in [6, 6.07) is 17.9. The Bertz CT molecular complexity index is 1240. The second kappa shape index (κ2) is 12.7. The highest BCUT2D eigenvalue weighted by Gasteiger charge is 2.28. The fourth-order valence-electron chi connectivity index (χ4n) is 5.30. The van der Waals surface area contributed by atoms with Crippen molar-refractivity contribution in [2.45, 2.75) is 32.0 Å². The first kappa shape index (κ1) is 27.2. The molecule has 2 aliphatic rings. The lowest BCUT2D eigenvalue weighted by Gasteiger charge is -2.43. The van der Waals surface area contributed by atoms with Crippen LogP contribution in [-0.4, -0.2) is 66.0 Å². The maximum Gasteiger partial charge on any atom is 0.253 e. The van der Waals surface area contributed by atoms with Gasteiger partial charge in [0.15, 0.2) is 0 Å². The fraction of sp³-hybridized carbons (Fsp3) is 0.379. The van der Waals surface area contributed by atoms with Gasteiger partial charge in [-0.15, -0.1) is 0 Å². The Morgan fingerprint density at radius 3 is 2.29 bits per heavy atom. The summed E-state index contributed by atoms with van der Waals surface area (Å²) < 4.78 is 0. The van der Waals surface area contributed by atoms with E-state index in [2.05, 4.69) is 37.1 Å². The molecule has 2 saturated heterocycles. The number of nitrogens with one attached hydrogen (secondary N) is 1. The van der Waals surface area contributed by atoms with Gasteiger partial charge < -0.3 is 10.2 Å². The topological polar surface area (TPSA) is 51.7 Å². The molecule has 2 fully saturated rings. The second-order valence-electron chi connectivity index (χ2n) is 9.96. The van der Waals surface area contributed by atoms with Crippen molar-refractivity contribution in [1.29, 1.82) is 0 Å². The van der Waals surface area contributed by atoms with Crippen LogP contribution in [0.2, 0.25) is 15.1 Å². The van der Waals surface area contributed by atoms with Gasteiger partial charge in [-0.05, 0) is 61.3 Å². The standard InChI is InChI=1S/C29H32Cl3N5O/c30-24-7-5-21(6-8-24)20-35-11-9-25(10-12-35)36-13-15-37(16-14-36)28-27(32)17-23(19-33-28)29(38)34-18-22-3-1-2-4-26(22)31/h1-8,17,19,25H,9-16,18,20H2,(H,34,38). The van der Waals surface area contributed by atoms with Crippen LogP contribution in [0.4, 0.5) is 5.82 Å². The molecule has 1 amide bonds. The van der Waals surface area contributed by atoms with E-state index in [9.17, 15) is 4.79 Å². The lowest BCUT2D eigenvalue weighted by molar-refractivity contribution is 0.0950. The van der Waals surface area contributed by atoms with Gasteiger partial charge in [-0.25, -0.2) is 4.98 Å². The number of piperazine rings is 1. The number of nitrogens with zero attached hydrogens (tertiary/aromatic N) is 4. The minimum absolute atomic E-state index is 0.224. The van der Waals surface area contributed by atoms with E-state index in [-0.39, 0.29) is 5.91 Å². The Labute approximate surface area is 239 Å². The van der Waals surface area contributed by atoms with Gasteiger partial charge >= 0.3 is 0 Å². The molecule has 0 atom stereocenters. The molecule has 6 nitrogen and oxygen atoms in total. The Hall–Kier alpha value is -2.35. The van der Waals surface area contributed by atoms with Crippen LogP contribution in [0.25, 0.3) is 0 Å². The van der Waals surface area contributed by atoms with E-state index in [0.29, 0.717) is 28.2 Å². The number of carbonyl (C=O) groups excluding carboxylic acids is 1. The minimum Gasteiger partial charge on any atom is -0.353 e. The van der Waals surface area contributed by atoms with Crippen molar-refractivity contribution in [1.82, 2.24) is 20.1 Å². The molecule has 1 aromatic heterocycles. The zero-order valence-electron chi connectivity index (χ0n) is 21.3. The largest absolute Gasteiger partial charge is 0.353 e. The highest BCUT2D eigenvalue weighted by Crippen LogP contribution is 2.27. The molecule has 0 bridgehead atoms. The number of hydrogen-bond acceptors (Lipinski definition) is 5. The highest BCUT2D eigenvalue weighted by molar-refractivity contribution is 6.33. The van der Waals surface area contributed by atoms with Gasteiger partial charge in [-0.3, -0.25) is 14.6 Å². The number of hydrogen-bond donors (Lipinski definition) is 1. The maximum atomic E-state index is 12.6. The molecule has 5 rings (SSSR count). The van der Waals surface area contributed by atoms with Crippen LogP contribution >= 0.6 is 34.8 Å². The molecule has 3 heterocycles. The minimum atomic E-state index is -0.224. The number of rotatable bonds is 7. The predicted molar refractivity (Wildman–Crippen MR) is 155 cm³/mol. The van der Waals surface area contributed by atoms with Crippen molar-refractivity contribution in [2.75, 3.05) is 44.2 Å². The first-order valence-electron chi connectivity index (χ1n) is 13.1. The summed E-state index contributed by atoms with van der Waals surface area (Å²) in [6.45, 7) is 7.27. The summed E-state index contributed by atoms with van der Waals surface area (Å²) >= 11 is 18.8. The average Bonchev–Trinajstić information content (AvgIpc) is 2.94. The van der Waals surface area contributed by atoms with Gasteiger partial charge in [-0.2, -0.15) is 0 Å². The van der Waals surface area contributed by atoms with Gasteiger partial charge in [0.1, 0.15) is 5.82 Å². The van der Waals surface area contributed by atoms with Gasteiger partial charge in [0.2, 0.25) is 0 Å². The molecule has 9 heteroatoms. The Morgan fingerprint density at radius 1 is 0.895 bits per heavy atom. The van der Waals surface area contributed by atoms with Crippen molar-refractivity contribution in [2.24, 2.45) is 0 Å². The Balaban J connectivity index is 1.09. The van der Waals surface area contributed by atoms with Crippen LogP contribution in [0.15, 0.2) is 60.8 Å². The van der Waals surface area contributed by atoms with Crippen LogP contribution in [0, 0.1) is 0 Å². The number of amides is 1. The van der Waals surface area contributed by atoms with Gasteiger partial charge in [0.05, 0.1) is 10.6 Å². The number of anilines is 1. The van der Waals surface area contributed by atoms with Crippen LogP contribution in [-0.2, 0) is 13.1 Å². The van der Waals surface area contributed by atoms with E-state index < -0.39 is 0 Å². The van der Waals surface area contributed by atoms with Gasteiger partial charge in [0, 0.05) is 61.6 Å². The smallest absolute Gasteiger partial charge is 0.253 e. The third-order valence-corrected chi connectivity index (χ3v) is 8.39. The molecule has 0 radical (unpaired) electrons. The first-order valence-corrected chi connectivity index (χ1v) is 14.2. The Kier molecular flexibility index (Phi) is 9.08. The summed E-state index contributed by atoms with van der Waals surface area (Å²) in [4.78, 5) is 24.6. The molecule has 0 unspecified atom stereocenters. The normalized spacial score (nSPS) is 17.5. The molecule has 38 heavy (non-hydrogen) atoms. The van der Waals surface area contributed by atoms with Crippen LogP contribution in [0.5, 0.6) is 0 Å². The molecular weight excluding hydrogens is 541 g/mol. The van der Waals surface area contributed by atoms with E-state index in [1.165, 1.54) is 18.4 Å². The number of halogens is 3. The number of piperidine rings is 1. The summed E-state index contributed by atoms with van der Waals surface area (Å²) in [5.74, 6) is 0.518. The molecule has 3 aromatic rings. The number of carbonyl (C=O) groups is 1. The monoisotopic (exact) mass is 571 g/mol. The van der Waals surface area contributed by atoms with Crippen molar-refractivity contribution in [3.63, 3.8) is 0 Å². The molecule has 1 N–H and O–H groups in total. The van der Waals surface area contributed by atoms with Gasteiger partial charge in [0.25, 0.3) is 5.91 Å². The third-order valence-electron chi connectivity index (χ3n) is 7.49. The lowest BCUT2D eigenvalue weighted by Crippen LogP contribution is -2.53. The predicted octanol–water partition coefficient (Wildman–Crippen LogP) is 5.76. The molecule has 0 spiro atoms. The third kappa shape index (κ3) is 6.80. The highest BCUT2D eigenvalue weighted by atomic mass is 35.5. The number of pyridine rings is 1. The zero-order valence-corrected chi connectivity index (χ0v) is 23.5. The molecule has 0 aliphatic carbocycles.